The normalized spacial score (nSPS) is 16.1. The number of amides is 1. The van der Waals surface area contributed by atoms with Gasteiger partial charge in [-0.25, -0.2) is 8.42 Å². The maximum Gasteiger partial charge on any atom is 0.230 e. The minimum Gasteiger partial charge on any atom is -0.312 e. The first-order valence-electron chi connectivity index (χ1n) is 12.3. The van der Waals surface area contributed by atoms with Gasteiger partial charge in [0.1, 0.15) is 5.78 Å². The number of hydrogen-bond acceptors (Lipinski definition) is 4. The summed E-state index contributed by atoms with van der Waals surface area (Å²) in [5.41, 5.74) is 5.73. The van der Waals surface area contributed by atoms with Crippen LogP contribution in [0, 0.1) is 19.8 Å². The van der Waals surface area contributed by atoms with Crippen molar-refractivity contribution in [3.05, 3.63) is 82.4 Å². The smallest absolute Gasteiger partial charge is 0.230 e. The molecule has 8 heteroatoms. The summed E-state index contributed by atoms with van der Waals surface area (Å²) < 4.78 is 26.3. The molecule has 1 atom stereocenters. The molecule has 3 aromatic carbocycles. The van der Waals surface area contributed by atoms with Crippen molar-refractivity contribution in [1.82, 2.24) is 0 Å². The van der Waals surface area contributed by atoms with E-state index in [2.05, 4.69) is 4.72 Å². The lowest BCUT2D eigenvalue weighted by Gasteiger charge is -2.34. The van der Waals surface area contributed by atoms with Crippen LogP contribution in [0.3, 0.4) is 0 Å². The largest absolute Gasteiger partial charge is 0.312 e. The molecule has 4 rings (SSSR count). The van der Waals surface area contributed by atoms with Crippen molar-refractivity contribution in [2.75, 3.05) is 22.4 Å². The molecule has 1 N–H and O–H groups in total. The summed E-state index contributed by atoms with van der Waals surface area (Å²) in [5.74, 6) is -0.318. The van der Waals surface area contributed by atoms with Gasteiger partial charge in [-0.05, 0) is 79.3 Å². The second-order valence-corrected chi connectivity index (χ2v) is 11.9. The molecule has 194 valence electrons. The summed E-state index contributed by atoms with van der Waals surface area (Å²) in [6.07, 6.45) is 3.16. The summed E-state index contributed by atoms with van der Waals surface area (Å²) in [6, 6.07) is 18.4. The zero-order valence-corrected chi connectivity index (χ0v) is 22.8. The molecule has 0 saturated carbocycles. The maximum atomic E-state index is 13.5. The van der Waals surface area contributed by atoms with Crippen LogP contribution in [0.1, 0.15) is 36.0 Å². The lowest BCUT2D eigenvalue weighted by Crippen LogP contribution is -2.42. The van der Waals surface area contributed by atoms with Gasteiger partial charge in [0.2, 0.25) is 15.9 Å². The third kappa shape index (κ3) is 6.59. The van der Waals surface area contributed by atoms with Gasteiger partial charge in [-0.15, -0.1) is 0 Å². The second-order valence-electron chi connectivity index (χ2n) is 9.75. The van der Waals surface area contributed by atoms with Crippen molar-refractivity contribution in [2.24, 2.45) is 5.92 Å². The first-order valence-corrected chi connectivity index (χ1v) is 14.5. The van der Waals surface area contributed by atoms with Crippen LogP contribution in [0.25, 0.3) is 11.1 Å². The Bertz CT molecular complexity index is 1410. The Labute approximate surface area is 223 Å². The molecule has 1 saturated heterocycles. The number of anilines is 2. The highest BCUT2D eigenvalue weighted by atomic mass is 35.5. The van der Waals surface area contributed by atoms with Crippen molar-refractivity contribution in [3.8, 4) is 11.1 Å². The van der Waals surface area contributed by atoms with Crippen LogP contribution < -0.4 is 9.62 Å². The number of Topliss-reactive ketones (excluding diaryl/α,β-unsaturated/α-hetero) is 1. The van der Waals surface area contributed by atoms with Gasteiger partial charge in [0.25, 0.3) is 0 Å². The number of aryl methyl sites for hydroxylation is 2. The van der Waals surface area contributed by atoms with Crippen molar-refractivity contribution < 1.29 is 18.0 Å². The van der Waals surface area contributed by atoms with Crippen LogP contribution in [0.4, 0.5) is 11.4 Å². The highest BCUT2D eigenvalue weighted by Crippen LogP contribution is 2.37. The molecule has 3 aromatic rings. The number of ketones is 1. The van der Waals surface area contributed by atoms with E-state index >= 15 is 0 Å². The Morgan fingerprint density at radius 3 is 2.35 bits per heavy atom. The van der Waals surface area contributed by atoms with Crippen LogP contribution in [0.15, 0.2) is 60.7 Å². The Morgan fingerprint density at radius 1 is 1.05 bits per heavy atom. The Kier molecular flexibility index (Phi) is 8.05. The number of sulfonamides is 1. The summed E-state index contributed by atoms with van der Waals surface area (Å²) in [4.78, 5) is 28.1. The van der Waals surface area contributed by atoms with Gasteiger partial charge < -0.3 is 4.90 Å². The first-order chi connectivity index (χ1) is 17.5. The summed E-state index contributed by atoms with van der Waals surface area (Å²) in [6.45, 7) is 4.52. The van der Waals surface area contributed by atoms with E-state index in [-0.39, 0.29) is 30.4 Å². The monoisotopic (exact) mass is 538 g/mol. The average Bonchev–Trinajstić information content (AvgIpc) is 2.82. The van der Waals surface area contributed by atoms with E-state index in [1.807, 2.05) is 55.1 Å². The molecule has 0 unspecified atom stereocenters. The minimum atomic E-state index is -3.43. The minimum absolute atomic E-state index is 0.0196. The molecule has 1 fully saturated rings. The molecule has 6 nitrogen and oxygen atoms in total. The Morgan fingerprint density at radius 2 is 1.70 bits per heavy atom. The molecule has 1 amide bonds. The molecular formula is C29H31ClN2O4S. The standard InChI is InChI=1S/C29H31ClN2O4S/c1-19-15-23(26-8-4-5-9-27(26)31-37(3,35)36)16-20(2)28(19)32-14-6-7-22(29(32)34)18-25(33)17-21-10-12-24(30)13-11-21/h4-5,8-13,15-16,22,31H,6-7,14,17-18H2,1-3H3/t22-/m0/s1. The summed E-state index contributed by atoms with van der Waals surface area (Å²) in [5, 5.41) is 0.626. The number of nitrogens with one attached hydrogen (secondary N) is 1. The third-order valence-corrected chi connectivity index (χ3v) is 7.48. The number of piperidine rings is 1. The predicted octanol–water partition coefficient (Wildman–Crippen LogP) is 5.94. The zero-order valence-electron chi connectivity index (χ0n) is 21.3. The third-order valence-electron chi connectivity index (χ3n) is 6.63. The van der Waals surface area contributed by atoms with Crippen molar-refractivity contribution in [3.63, 3.8) is 0 Å². The molecule has 0 spiro atoms. The lowest BCUT2D eigenvalue weighted by atomic mass is 9.89. The second kappa shape index (κ2) is 11.1. The Balaban J connectivity index is 1.55. The van der Waals surface area contributed by atoms with E-state index in [1.54, 1.807) is 24.3 Å². The molecule has 0 aliphatic carbocycles. The molecular weight excluding hydrogens is 508 g/mol. The summed E-state index contributed by atoms with van der Waals surface area (Å²) in [7, 11) is -3.43. The molecule has 0 aromatic heterocycles. The van der Waals surface area contributed by atoms with Crippen molar-refractivity contribution >= 4 is 44.7 Å². The van der Waals surface area contributed by atoms with Crippen LogP contribution >= 0.6 is 11.6 Å². The number of hydrogen-bond donors (Lipinski definition) is 1. The van der Waals surface area contributed by atoms with Crippen LogP contribution in [-0.4, -0.2) is 32.9 Å². The van der Waals surface area contributed by atoms with Crippen LogP contribution in [0.5, 0.6) is 0 Å². The van der Waals surface area contributed by atoms with Gasteiger partial charge >= 0.3 is 0 Å². The van der Waals surface area contributed by atoms with Crippen LogP contribution in [0.2, 0.25) is 5.02 Å². The molecule has 0 bridgehead atoms. The number of benzene rings is 3. The SMILES string of the molecule is Cc1cc(-c2ccccc2NS(C)(=O)=O)cc(C)c1N1CCC[C@@H](CC(=O)Cc2ccc(Cl)cc2)C1=O. The molecule has 37 heavy (non-hydrogen) atoms. The van der Waals surface area contributed by atoms with E-state index in [0.29, 0.717) is 23.7 Å². The quantitative estimate of drug-likeness (QED) is 0.384. The number of carbonyl (C=O) groups excluding carboxylic acids is 2. The van der Waals surface area contributed by atoms with Crippen LogP contribution in [-0.2, 0) is 26.0 Å². The predicted molar refractivity (Wildman–Crippen MR) is 150 cm³/mol. The fourth-order valence-electron chi connectivity index (χ4n) is 5.10. The average molecular weight is 539 g/mol. The van der Waals surface area contributed by atoms with E-state index < -0.39 is 10.0 Å². The van der Waals surface area contributed by atoms with E-state index in [9.17, 15) is 18.0 Å². The van der Waals surface area contributed by atoms with Gasteiger partial charge in [-0.3, -0.25) is 14.3 Å². The zero-order chi connectivity index (χ0) is 26.7. The fourth-order valence-corrected chi connectivity index (χ4v) is 5.80. The van der Waals surface area contributed by atoms with E-state index in [4.69, 9.17) is 11.6 Å². The fraction of sp³-hybridized carbons (Fsp3) is 0.310. The number of nitrogens with zero attached hydrogens (tertiary/aromatic N) is 1. The van der Waals surface area contributed by atoms with Crippen molar-refractivity contribution in [1.29, 1.82) is 0 Å². The maximum absolute atomic E-state index is 13.5. The van der Waals surface area contributed by atoms with Gasteiger partial charge in [-0.2, -0.15) is 0 Å². The van der Waals surface area contributed by atoms with Gasteiger partial charge in [0, 0.05) is 41.6 Å². The molecule has 1 aliphatic rings. The molecule has 1 aliphatic heterocycles. The number of halogens is 1. The Hall–Kier alpha value is -3.16. The molecule has 1 heterocycles. The summed E-state index contributed by atoms with van der Waals surface area (Å²) >= 11 is 5.94. The first kappa shape index (κ1) is 26.9. The molecule has 0 radical (unpaired) electrons. The van der Waals surface area contributed by atoms with Gasteiger partial charge in [-0.1, -0.05) is 41.9 Å². The number of carbonyl (C=O) groups is 2. The van der Waals surface area contributed by atoms with Crippen molar-refractivity contribution in [2.45, 2.75) is 39.5 Å². The highest BCUT2D eigenvalue weighted by molar-refractivity contribution is 7.92. The number of para-hydroxylation sites is 1. The number of rotatable bonds is 8. The topological polar surface area (TPSA) is 83.6 Å². The highest BCUT2D eigenvalue weighted by Gasteiger charge is 2.32. The van der Waals surface area contributed by atoms with Gasteiger partial charge in [0.05, 0.1) is 11.9 Å². The van der Waals surface area contributed by atoms with E-state index in [0.717, 1.165) is 46.2 Å². The van der Waals surface area contributed by atoms with Gasteiger partial charge in [0.15, 0.2) is 0 Å². The van der Waals surface area contributed by atoms with E-state index in [1.165, 1.54) is 0 Å². The lowest BCUT2D eigenvalue weighted by molar-refractivity contribution is -0.128.